The Morgan fingerprint density at radius 2 is 1.61 bits per heavy atom. The lowest BCUT2D eigenvalue weighted by Crippen LogP contribution is -2.12. The molecule has 0 aliphatic heterocycles. The summed E-state index contributed by atoms with van der Waals surface area (Å²) in [6, 6.07) is 13.8. The third kappa shape index (κ3) is 3.37. The van der Waals surface area contributed by atoms with Crippen molar-refractivity contribution in [3.63, 3.8) is 0 Å². The Labute approximate surface area is 127 Å². The van der Waals surface area contributed by atoms with E-state index in [1.165, 1.54) is 0 Å². The molecule has 0 amide bonds. The van der Waals surface area contributed by atoms with Crippen molar-refractivity contribution in [3.05, 3.63) is 57.0 Å². The first-order valence-corrected chi connectivity index (χ1v) is 7.54. The van der Waals surface area contributed by atoms with Crippen molar-refractivity contribution in [2.45, 2.75) is 9.79 Å². The van der Waals surface area contributed by atoms with Crippen LogP contribution in [0.5, 0.6) is 0 Å². The van der Waals surface area contributed by atoms with Gasteiger partial charge in [0.1, 0.15) is 5.84 Å². The number of nitrogens with one attached hydrogen (secondary N) is 1. The molecule has 5 heteroatoms. The second-order valence-corrected chi connectivity index (χ2v) is 6.56. The first kappa shape index (κ1) is 13.6. The largest absolute Gasteiger partial charge is 0.384 e. The molecule has 3 N–H and O–H groups in total. The van der Waals surface area contributed by atoms with E-state index in [1.54, 1.807) is 11.8 Å². The van der Waals surface area contributed by atoms with Gasteiger partial charge >= 0.3 is 0 Å². The molecule has 0 bridgehead atoms. The molecule has 2 rings (SSSR count). The van der Waals surface area contributed by atoms with Gasteiger partial charge in [-0.05, 0) is 42.5 Å². The summed E-state index contributed by atoms with van der Waals surface area (Å²) in [5.74, 6) is 0.0795. The number of hydrogen-bond acceptors (Lipinski definition) is 2. The lowest BCUT2D eigenvalue weighted by molar-refractivity contribution is 1.32. The van der Waals surface area contributed by atoms with Crippen LogP contribution in [0.1, 0.15) is 5.56 Å². The fourth-order valence-electron chi connectivity index (χ4n) is 1.43. The Morgan fingerprint density at radius 3 is 2.22 bits per heavy atom. The molecule has 0 unspecified atom stereocenters. The summed E-state index contributed by atoms with van der Waals surface area (Å²) in [6.45, 7) is 0. The van der Waals surface area contributed by atoms with E-state index < -0.39 is 0 Å². The molecular formula is C13H10Br2N2S. The number of halogens is 2. The molecule has 92 valence electrons. The van der Waals surface area contributed by atoms with Gasteiger partial charge in [-0.25, -0.2) is 0 Å². The molecule has 0 fully saturated rings. The number of rotatable bonds is 3. The second kappa shape index (κ2) is 5.91. The van der Waals surface area contributed by atoms with E-state index in [1.807, 2.05) is 42.5 Å². The monoisotopic (exact) mass is 384 g/mol. The van der Waals surface area contributed by atoms with Crippen LogP contribution in [0, 0.1) is 5.41 Å². The molecule has 0 saturated carbocycles. The normalized spacial score (nSPS) is 10.3. The zero-order valence-corrected chi connectivity index (χ0v) is 13.3. The lowest BCUT2D eigenvalue weighted by Gasteiger charge is -2.08. The minimum absolute atomic E-state index is 0.0795. The van der Waals surface area contributed by atoms with Gasteiger partial charge in [-0.1, -0.05) is 43.6 Å². The molecule has 0 radical (unpaired) electrons. The Morgan fingerprint density at radius 1 is 1.00 bits per heavy atom. The van der Waals surface area contributed by atoms with Crippen LogP contribution in [0.25, 0.3) is 0 Å². The third-order valence-corrected chi connectivity index (χ3v) is 4.38. The smallest absolute Gasteiger partial charge is 0.123 e. The third-order valence-electron chi connectivity index (χ3n) is 2.27. The van der Waals surface area contributed by atoms with Crippen molar-refractivity contribution in [1.82, 2.24) is 0 Å². The lowest BCUT2D eigenvalue weighted by atomic mass is 10.2. The Kier molecular flexibility index (Phi) is 4.48. The molecular weight excluding hydrogens is 376 g/mol. The maximum absolute atomic E-state index is 7.61. The molecule has 0 spiro atoms. The van der Waals surface area contributed by atoms with Crippen molar-refractivity contribution in [3.8, 4) is 0 Å². The van der Waals surface area contributed by atoms with Gasteiger partial charge in [0.25, 0.3) is 0 Å². The molecule has 2 aromatic rings. The first-order valence-electron chi connectivity index (χ1n) is 5.13. The Hall–Kier alpha value is -0.780. The summed E-state index contributed by atoms with van der Waals surface area (Å²) >= 11 is 8.40. The van der Waals surface area contributed by atoms with E-state index >= 15 is 0 Å². The van der Waals surface area contributed by atoms with Crippen LogP contribution in [-0.2, 0) is 0 Å². The number of benzene rings is 2. The van der Waals surface area contributed by atoms with Gasteiger partial charge < -0.3 is 5.73 Å². The van der Waals surface area contributed by atoms with Gasteiger partial charge in [0.2, 0.25) is 0 Å². The molecule has 2 nitrogen and oxygen atoms in total. The zero-order valence-electron chi connectivity index (χ0n) is 9.28. The number of nitrogen functional groups attached to an aromatic ring is 1. The highest BCUT2D eigenvalue weighted by molar-refractivity contribution is 9.10. The highest BCUT2D eigenvalue weighted by Crippen LogP contribution is 2.32. The second-order valence-electron chi connectivity index (χ2n) is 3.61. The Balaban J connectivity index is 2.34. The maximum atomic E-state index is 7.61. The van der Waals surface area contributed by atoms with Crippen LogP contribution < -0.4 is 5.73 Å². The number of amidine groups is 1. The molecule has 2 aromatic carbocycles. The van der Waals surface area contributed by atoms with E-state index in [4.69, 9.17) is 11.1 Å². The fourth-order valence-corrected chi connectivity index (χ4v) is 3.00. The molecule has 0 aromatic heterocycles. The summed E-state index contributed by atoms with van der Waals surface area (Å²) < 4.78 is 1.97. The Bertz CT molecular complexity index is 582. The summed E-state index contributed by atoms with van der Waals surface area (Å²) in [4.78, 5) is 2.09. The van der Waals surface area contributed by atoms with Gasteiger partial charge in [-0.3, -0.25) is 5.41 Å². The summed E-state index contributed by atoms with van der Waals surface area (Å²) in [6.07, 6.45) is 0. The molecule has 0 aliphatic rings. The molecule has 0 heterocycles. The molecule has 0 saturated heterocycles. The highest BCUT2D eigenvalue weighted by atomic mass is 79.9. The number of nitrogens with two attached hydrogens (primary N) is 1. The van der Waals surface area contributed by atoms with E-state index in [-0.39, 0.29) is 5.84 Å². The zero-order chi connectivity index (χ0) is 13.1. The first-order chi connectivity index (χ1) is 8.56. The van der Waals surface area contributed by atoms with Crippen molar-refractivity contribution in [2.75, 3.05) is 0 Å². The average molecular weight is 386 g/mol. The predicted molar refractivity (Wildman–Crippen MR) is 83.4 cm³/mol. The van der Waals surface area contributed by atoms with E-state index in [2.05, 4.69) is 31.9 Å². The fraction of sp³-hybridized carbons (Fsp3) is 0. The highest BCUT2D eigenvalue weighted by Gasteiger charge is 2.07. The molecule has 18 heavy (non-hydrogen) atoms. The van der Waals surface area contributed by atoms with Crippen LogP contribution in [0.4, 0.5) is 0 Å². The van der Waals surface area contributed by atoms with Crippen molar-refractivity contribution >= 4 is 49.5 Å². The minimum atomic E-state index is 0.0795. The van der Waals surface area contributed by atoms with E-state index in [0.29, 0.717) is 0 Å². The topological polar surface area (TPSA) is 49.9 Å². The molecule has 0 aliphatic carbocycles. The van der Waals surface area contributed by atoms with E-state index in [0.717, 1.165) is 24.3 Å². The maximum Gasteiger partial charge on any atom is 0.123 e. The predicted octanol–water partition coefficient (Wildman–Crippen LogP) is 4.65. The van der Waals surface area contributed by atoms with Crippen molar-refractivity contribution in [2.24, 2.45) is 5.73 Å². The average Bonchev–Trinajstić information content (AvgIpc) is 2.34. The van der Waals surface area contributed by atoms with Crippen LogP contribution in [-0.4, -0.2) is 5.84 Å². The minimum Gasteiger partial charge on any atom is -0.384 e. The van der Waals surface area contributed by atoms with Crippen molar-refractivity contribution < 1.29 is 0 Å². The van der Waals surface area contributed by atoms with E-state index in [9.17, 15) is 0 Å². The quantitative estimate of drug-likeness (QED) is 0.596. The van der Waals surface area contributed by atoms with Gasteiger partial charge in [0.05, 0.1) is 0 Å². The van der Waals surface area contributed by atoms with Gasteiger partial charge in [-0.2, -0.15) is 0 Å². The van der Waals surface area contributed by atoms with Gasteiger partial charge in [-0.15, -0.1) is 0 Å². The van der Waals surface area contributed by atoms with Crippen molar-refractivity contribution in [1.29, 1.82) is 5.41 Å². The summed E-state index contributed by atoms with van der Waals surface area (Å²) in [5, 5.41) is 7.61. The van der Waals surface area contributed by atoms with Crippen LogP contribution in [0.2, 0.25) is 0 Å². The molecule has 0 atom stereocenters. The van der Waals surface area contributed by atoms with Crippen LogP contribution in [0.3, 0.4) is 0 Å². The summed E-state index contributed by atoms with van der Waals surface area (Å²) in [5.41, 5.74) is 6.35. The van der Waals surface area contributed by atoms with Gasteiger partial charge in [0, 0.05) is 24.3 Å². The summed E-state index contributed by atoms with van der Waals surface area (Å²) in [7, 11) is 0. The standard InChI is InChI=1S/C13H10Br2N2S/c14-8-1-4-10(5-2-8)18-12-6-3-9(15)7-11(12)13(16)17/h1-7H,(H3,16,17). The van der Waals surface area contributed by atoms with Gasteiger partial charge in [0.15, 0.2) is 0 Å². The van der Waals surface area contributed by atoms with Crippen LogP contribution >= 0.6 is 43.6 Å². The van der Waals surface area contributed by atoms with Crippen LogP contribution in [0.15, 0.2) is 61.2 Å². The number of hydrogen-bond donors (Lipinski definition) is 2. The SMILES string of the molecule is N=C(N)c1cc(Br)ccc1Sc1ccc(Br)cc1.